The van der Waals surface area contributed by atoms with Crippen LogP contribution in [0.15, 0.2) is 23.3 Å². The van der Waals surface area contributed by atoms with Crippen LogP contribution >= 0.6 is 0 Å². The maximum Gasteiger partial charge on any atom is 0.108 e. The molecule has 0 aromatic carbocycles. The lowest BCUT2D eigenvalue weighted by atomic mass is 10.1. The number of ether oxygens (including phenoxy) is 1. The molecule has 1 nitrogen and oxygen atoms in total. The van der Waals surface area contributed by atoms with Crippen LogP contribution in [0.1, 0.15) is 39.5 Å². The zero-order chi connectivity index (χ0) is 10.9. The summed E-state index contributed by atoms with van der Waals surface area (Å²) in [6, 6.07) is 0. The van der Waals surface area contributed by atoms with Gasteiger partial charge in [0.25, 0.3) is 0 Å². The Hall–Kier alpha value is -1.00. The van der Waals surface area contributed by atoms with Gasteiger partial charge >= 0.3 is 0 Å². The Morgan fingerprint density at radius 3 is 2.73 bits per heavy atom. The molecule has 82 valence electrons. The van der Waals surface area contributed by atoms with Crippen LogP contribution in [-0.4, -0.2) is 13.2 Å². The minimum absolute atomic E-state index is 0.563. The van der Waals surface area contributed by atoms with Crippen LogP contribution in [0, 0.1) is 11.8 Å². The van der Waals surface area contributed by atoms with Crippen molar-refractivity contribution in [1.82, 2.24) is 0 Å². The minimum atomic E-state index is 0.563. The van der Waals surface area contributed by atoms with Gasteiger partial charge in [0.15, 0.2) is 0 Å². The van der Waals surface area contributed by atoms with E-state index in [1.807, 2.05) is 0 Å². The van der Waals surface area contributed by atoms with E-state index < -0.39 is 0 Å². The highest BCUT2D eigenvalue weighted by Crippen LogP contribution is 2.09. The van der Waals surface area contributed by atoms with Crippen molar-refractivity contribution < 1.29 is 4.74 Å². The Bertz CT molecular complexity index is 299. The van der Waals surface area contributed by atoms with Gasteiger partial charge in [-0.2, -0.15) is 0 Å². The number of hydrogen-bond acceptors (Lipinski definition) is 1. The van der Waals surface area contributed by atoms with Crippen LogP contribution in [0.2, 0.25) is 0 Å². The SMILES string of the molecule is C/C1=C\CCC#CCOC/C(C)=C/CC1. The fourth-order valence-corrected chi connectivity index (χ4v) is 1.50. The fourth-order valence-electron chi connectivity index (χ4n) is 1.50. The average Bonchev–Trinajstić information content (AvgIpc) is 2.22. The molecule has 0 saturated carbocycles. The van der Waals surface area contributed by atoms with Gasteiger partial charge in [-0.15, -0.1) is 5.92 Å². The van der Waals surface area contributed by atoms with Crippen molar-refractivity contribution in [3.63, 3.8) is 0 Å². The average molecular weight is 204 g/mol. The van der Waals surface area contributed by atoms with Gasteiger partial charge in [0.05, 0.1) is 6.61 Å². The van der Waals surface area contributed by atoms with Crippen molar-refractivity contribution in [3.8, 4) is 11.8 Å². The lowest BCUT2D eigenvalue weighted by molar-refractivity contribution is 0.192. The molecule has 0 unspecified atom stereocenters. The Labute approximate surface area is 93.2 Å². The van der Waals surface area contributed by atoms with E-state index in [0.29, 0.717) is 6.61 Å². The van der Waals surface area contributed by atoms with Gasteiger partial charge in [0, 0.05) is 6.42 Å². The number of hydrogen-bond donors (Lipinski definition) is 0. The molecule has 0 aromatic rings. The van der Waals surface area contributed by atoms with Crippen LogP contribution in [0.5, 0.6) is 0 Å². The van der Waals surface area contributed by atoms with Gasteiger partial charge in [-0.1, -0.05) is 29.2 Å². The molecule has 0 spiro atoms. The Kier molecular flexibility index (Phi) is 5.88. The highest BCUT2D eigenvalue weighted by atomic mass is 16.5. The summed E-state index contributed by atoms with van der Waals surface area (Å²) in [5, 5.41) is 0. The third-order valence-electron chi connectivity index (χ3n) is 2.42. The molecule has 0 bridgehead atoms. The smallest absolute Gasteiger partial charge is 0.108 e. The maximum atomic E-state index is 5.43. The van der Waals surface area contributed by atoms with Crippen molar-refractivity contribution in [2.45, 2.75) is 39.5 Å². The molecular formula is C14H20O. The molecule has 1 heterocycles. The largest absolute Gasteiger partial charge is 0.364 e. The molecule has 15 heavy (non-hydrogen) atoms. The molecule has 0 saturated heterocycles. The van der Waals surface area contributed by atoms with E-state index in [-0.39, 0.29) is 0 Å². The van der Waals surface area contributed by atoms with Gasteiger partial charge in [-0.05, 0) is 33.1 Å². The second-order valence-electron chi connectivity index (χ2n) is 4.02. The molecule has 1 aliphatic rings. The molecule has 1 aliphatic heterocycles. The molecule has 0 radical (unpaired) electrons. The molecule has 0 amide bonds. The first-order chi connectivity index (χ1) is 7.29. The van der Waals surface area contributed by atoms with Gasteiger partial charge < -0.3 is 4.74 Å². The molecular weight excluding hydrogens is 184 g/mol. The van der Waals surface area contributed by atoms with Crippen molar-refractivity contribution in [1.29, 1.82) is 0 Å². The fraction of sp³-hybridized carbons (Fsp3) is 0.571. The Balaban J connectivity index is 2.52. The van der Waals surface area contributed by atoms with Crippen LogP contribution in [0.25, 0.3) is 0 Å². The van der Waals surface area contributed by atoms with Gasteiger partial charge in [0.1, 0.15) is 6.61 Å². The highest BCUT2D eigenvalue weighted by Gasteiger charge is 1.92. The van der Waals surface area contributed by atoms with E-state index in [2.05, 4.69) is 37.8 Å². The molecule has 1 rings (SSSR count). The lowest BCUT2D eigenvalue weighted by Crippen LogP contribution is -1.95. The number of rotatable bonds is 0. The van der Waals surface area contributed by atoms with Crippen molar-refractivity contribution in [2.24, 2.45) is 0 Å². The monoisotopic (exact) mass is 204 g/mol. The van der Waals surface area contributed by atoms with E-state index >= 15 is 0 Å². The Morgan fingerprint density at radius 1 is 1.07 bits per heavy atom. The Morgan fingerprint density at radius 2 is 1.87 bits per heavy atom. The zero-order valence-electron chi connectivity index (χ0n) is 9.81. The molecule has 0 aliphatic carbocycles. The molecule has 0 fully saturated rings. The summed E-state index contributed by atoms with van der Waals surface area (Å²) < 4.78 is 5.43. The maximum absolute atomic E-state index is 5.43. The first kappa shape index (κ1) is 12.1. The summed E-state index contributed by atoms with van der Waals surface area (Å²) in [6.45, 7) is 5.60. The zero-order valence-corrected chi connectivity index (χ0v) is 9.81. The summed E-state index contributed by atoms with van der Waals surface area (Å²) in [6.07, 6.45) is 8.87. The normalized spacial score (nSPS) is 26.5. The lowest BCUT2D eigenvalue weighted by Gasteiger charge is -2.01. The summed E-state index contributed by atoms with van der Waals surface area (Å²) in [4.78, 5) is 0. The second-order valence-corrected chi connectivity index (χ2v) is 4.02. The minimum Gasteiger partial charge on any atom is -0.364 e. The summed E-state index contributed by atoms with van der Waals surface area (Å²) in [5.41, 5.74) is 2.78. The molecule has 0 aromatic heterocycles. The quantitative estimate of drug-likeness (QED) is 0.433. The summed E-state index contributed by atoms with van der Waals surface area (Å²) in [5.74, 6) is 6.15. The van der Waals surface area contributed by atoms with E-state index in [1.165, 1.54) is 11.1 Å². The predicted molar refractivity (Wildman–Crippen MR) is 64.6 cm³/mol. The third kappa shape index (κ3) is 6.14. The van der Waals surface area contributed by atoms with Crippen molar-refractivity contribution in [2.75, 3.05) is 13.2 Å². The van der Waals surface area contributed by atoms with Crippen LogP contribution in [-0.2, 0) is 4.74 Å². The van der Waals surface area contributed by atoms with E-state index in [4.69, 9.17) is 4.74 Å². The molecule has 0 N–H and O–H groups in total. The third-order valence-corrected chi connectivity index (χ3v) is 2.42. The highest BCUT2D eigenvalue weighted by molar-refractivity contribution is 5.07. The predicted octanol–water partition coefficient (Wildman–Crippen LogP) is 3.47. The first-order valence-corrected chi connectivity index (χ1v) is 5.64. The standard InChI is InChI=1S/C14H20O/c1-13-8-5-3-4-6-11-15-12-14(2)10-7-9-13/h8,10H,3,5,7,9,11-12H2,1-2H3/b13-8+,14-10+. The van der Waals surface area contributed by atoms with Gasteiger partial charge in [-0.25, -0.2) is 0 Å². The summed E-state index contributed by atoms with van der Waals surface area (Å²) >= 11 is 0. The van der Waals surface area contributed by atoms with E-state index in [0.717, 1.165) is 32.3 Å². The van der Waals surface area contributed by atoms with Crippen molar-refractivity contribution in [3.05, 3.63) is 23.3 Å². The van der Waals surface area contributed by atoms with Gasteiger partial charge in [0.2, 0.25) is 0 Å². The molecule has 0 atom stereocenters. The van der Waals surface area contributed by atoms with Crippen LogP contribution in [0.4, 0.5) is 0 Å². The van der Waals surface area contributed by atoms with Crippen molar-refractivity contribution >= 4 is 0 Å². The van der Waals surface area contributed by atoms with Crippen LogP contribution in [0.3, 0.4) is 0 Å². The van der Waals surface area contributed by atoms with Gasteiger partial charge in [-0.3, -0.25) is 0 Å². The summed E-state index contributed by atoms with van der Waals surface area (Å²) in [7, 11) is 0. The van der Waals surface area contributed by atoms with E-state index in [9.17, 15) is 0 Å². The van der Waals surface area contributed by atoms with E-state index in [1.54, 1.807) is 0 Å². The molecule has 1 heteroatoms. The second kappa shape index (κ2) is 7.31. The number of allylic oxidation sites excluding steroid dienone is 3. The van der Waals surface area contributed by atoms with Crippen LogP contribution < -0.4 is 0 Å². The topological polar surface area (TPSA) is 9.23 Å². The first-order valence-electron chi connectivity index (χ1n) is 5.64.